The number of hydrogen-bond donors (Lipinski definition) is 2. The van der Waals surface area contributed by atoms with Gasteiger partial charge in [0.1, 0.15) is 0 Å². The Labute approximate surface area is 223 Å². The van der Waals surface area contributed by atoms with Crippen LogP contribution in [0.5, 0.6) is 0 Å². The molecule has 36 heavy (non-hydrogen) atoms. The lowest BCUT2D eigenvalue weighted by atomic mass is 9.86. The van der Waals surface area contributed by atoms with Crippen LogP contribution < -0.4 is 11.5 Å². The Bertz CT molecular complexity index is 840. The number of rotatable bonds is 20. The van der Waals surface area contributed by atoms with Crippen molar-refractivity contribution in [3.05, 3.63) is 59.2 Å². The Morgan fingerprint density at radius 3 is 1.64 bits per heavy atom. The molecule has 4 N–H and O–H groups in total. The predicted molar refractivity (Wildman–Crippen MR) is 163 cm³/mol. The number of unbranched alkanes of at least 4 members (excludes halogenated alkanes) is 12. The van der Waals surface area contributed by atoms with Crippen molar-refractivity contribution in [1.82, 2.24) is 0 Å². The third-order valence-electron chi connectivity index (χ3n) is 7.59. The van der Waals surface area contributed by atoms with Gasteiger partial charge in [-0.3, -0.25) is 0 Å². The Morgan fingerprint density at radius 2 is 1.08 bits per heavy atom. The first-order valence-corrected chi connectivity index (χ1v) is 15.1. The van der Waals surface area contributed by atoms with Crippen molar-refractivity contribution in [2.45, 2.75) is 123 Å². The molecule has 0 aliphatic heterocycles. The highest BCUT2D eigenvalue weighted by Crippen LogP contribution is 2.31. The van der Waals surface area contributed by atoms with Crippen LogP contribution in [0, 0.1) is 5.92 Å². The van der Waals surface area contributed by atoms with Crippen LogP contribution in [0.3, 0.4) is 0 Å². The first-order valence-electron chi connectivity index (χ1n) is 15.1. The molecular weight excluding hydrogens is 436 g/mol. The second-order valence-corrected chi connectivity index (χ2v) is 10.8. The lowest BCUT2D eigenvalue weighted by Crippen LogP contribution is -2.10. The van der Waals surface area contributed by atoms with Crippen molar-refractivity contribution in [2.75, 3.05) is 11.5 Å². The Kier molecular flexibility index (Phi) is 15.8. The van der Waals surface area contributed by atoms with Gasteiger partial charge in [0.15, 0.2) is 0 Å². The molecule has 0 aromatic heterocycles. The van der Waals surface area contributed by atoms with Crippen molar-refractivity contribution < 1.29 is 0 Å². The van der Waals surface area contributed by atoms with Crippen LogP contribution in [0.1, 0.15) is 133 Å². The molecule has 0 fully saturated rings. The van der Waals surface area contributed by atoms with Gasteiger partial charge in [-0.25, -0.2) is 0 Å². The topological polar surface area (TPSA) is 52.0 Å². The molecule has 0 amide bonds. The molecule has 2 aromatic carbocycles. The summed E-state index contributed by atoms with van der Waals surface area (Å²) in [5, 5.41) is 0. The molecule has 0 aliphatic rings. The number of benzene rings is 2. The number of anilines is 2. The predicted octanol–water partition coefficient (Wildman–Crippen LogP) is 10.5. The summed E-state index contributed by atoms with van der Waals surface area (Å²) < 4.78 is 0. The van der Waals surface area contributed by atoms with E-state index in [2.05, 4.69) is 56.3 Å². The Hall–Kier alpha value is -2.22. The molecule has 0 saturated heterocycles. The summed E-state index contributed by atoms with van der Waals surface area (Å²) >= 11 is 0. The van der Waals surface area contributed by atoms with Crippen LogP contribution in [-0.2, 0) is 6.42 Å². The summed E-state index contributed by atoms with van der Waals surface area (Å²) in [6.07, 6.45) is 27.2. The van der Waals surface area contributed by atoms with Crippen molar-refractivity contribution in [3.63, 3.8) is 0 Å². The summed E-state index contributed by atoms with van der Waals surface area (Å²) in [6, 6.07) is 14.4. The lowest BCUT2D eigenvalue weighted by molar-refractivity contribution is 0.400. The number of hydrogen-bond acceptors (Lipinski definition) is 2. The SMILES string of the molecule is CCCCCCCCCCC(CCCCCCCC)Cc1c(N)ccc(N)c1C=Cc1ccccc1. The van der Waals surface area contributed by atoms with Crippen LogP contribution in [0.2, 0.25) is 0 Å². The Balaban J connectivity index is 2.02. The second-order valence-electron chi connectivity index (χ2n) is 10.8. The molecular formula is C34H54N2. The quantitative estimate of drug-likeness (QED) is 0.110. The monoisotopic (exact) mass is 490 g/mol. The fourth-order valence-corrected chi connectivity index (χ4v) is 5.29. The van der Waals surface area contributed by atoms with E-state index in [0.29, 0.717) is 5.92 Å². The van der Waals surface area contributed by atoms with E-state index in [1.165, 1.54) is 114 Å². The minimum atomic E-state index is 0.684. The molecule has 0 bridgehead atoms. The molecule has 2 heteroatoms. The molecule has 2 aromatic rings. The lowest BCUT2D eigenvalue weighted by Gasteiger charge is -2.21. The molecule has 0 spiro atoms. The maximum atomic E-state index is 6.56. The van der Waals surface area contributed by atoms with Crippen molar-refractivity contribution >= 4 is 23.5 Å². The highest BCUT2D eigenvalue weighted by Gasteiger charge is 2.15. The fourth-order valence-electron chi connectivity index (χ4n) is 5.29. The van der Waals surface area contributed by atoms with Gasteiger partial charge < -0.3 is 11.5 Å². The van der Waals surface area contributed by atoms with Gasteiger partial charge in [0.05, 0.1) is 0 Å². The van der Waals surface area contributed by atoms with E-state index in [0.717, 1.165) is 23.4 Å². The molecule has 200 valence electrons. The van der Waals surface area contributed by atoms with Crippen molar-refractivity contribution in [1.29, 1.82) is 0 Å². The maximum absolute atomic E-state index is 6.56. The molecule has 0 aliphatic carbocycles. The molecule has 0 saturated carbocycles. The van der Waals surface area contributed by atoms with Crippen molar-refractivity contribution in [2.24, 2.45) is 5.92 Å². The van der Waals surface area contributed by atoms with Crippen LogP contribution in [-0.4, -0.2) is 0 Å². The minimum Gasteiger partial charge on any atom is -0.398 e. The molecule has 1 unspecified atom stereocenters. The van der Waals surface area contributed by atoms with Gasteiger partial charge in [-0.1, -0.05) is 159 Å². The van der Waals surface area contributed by atoms with E-state index in [-0.39, 0.29) is 0 Å². The number of nitrogen functional groups attached to an aromatic ring is 2. The van der Waals surface area contributed by atoms with Crippen LogP contribution >= 0.6 is 0 Å². The van der Waals surface area contributed by atoms with Crippen molar-refractivity contribution in [3.8, 4) is 0 Å². The molecule has 0 radical (unpaired) electrons. The highest BCUT2D eigenvalue weighted by atomic mass is 14.6. The first kappa shape index (κ1) is 30.0. The average molecular weight is 491 g/mol. The first-order chi connectivity index (χ1) is 17.7. The molecule has 1 atom stereocenters. The average Bonchev–Trinajstić information content (AvgIpc) is 2.89. The standard InChI is InChI=1S/C34H54N2/c1-3-5-7-9-11-12-14-17-23-30(22-16-13-10-8-6-4-2)28-32-31(33(35)26-27-34(32)36)25-24-29-20-18-15-19-21-29/h15,18-21,24-27,30H,3-14,16-17,22-23,28,35-36H2,1-2H3. The van der Waals surface area contributed by atoms with Gasteiger partial charge in [0.25, 0.3) is 0 Å². The van der Waals surface area contributed by atoms with Gasteiger partial charge in [-0.15, -0.1) is 0 Å². The van der Waals surface area contributed by atoms with Gasteiger partial charge in [-0.2, -0.15) is 0 Å². The zero-order valence-electron chi connectivity index (χ0n) is 23.4. The summed E-state index contributed by atoms with van der Waals surface area (Å²) in [6.45, 7) is 4.58. The largest absolute Gasteiger partial charge is 0.398 e. The summed E-state index contributed by atoms with van der Waals surface area (Å²) in [4.78, 5) is 0. The van der Waals surface area contributed by atoms with Gasteiger partial charge in [0.2, 0.25) is 0 Å². The van der Waals surface area contributed by atoms with E-state index in [9.17, 15) is 0 Å². The summed E-state index contributed by atoms with van der Waals surface area (Å²) in [5.41, 5.74) is 18.3. The second kappa shape index (κ2) is 19.0. The van der Waals surface area contributed by atoms with Gasteiger partial charge in [0, 0.05) is 16.9 Å². The third-order valence-corrected chi connectivity index (χ3v) is 7.59. The highest BCUT2D eigenvalue weighted by molar-refractivity contribution is 5.80. The normalized spacial score (nSPS) is 12.4. The molecule has 2 nitrogen and oxygen atoms in total. The van der Waals surface area contributed by atoms with Gasteiger partial charge in [-0.05, 0) is 35.6 Å². The zero-order valence-corrected chi connectivity index (χ0v) is 23.4. The van der Waals surface area contributed by atoms with E-state index < -0.39 is 0 Å². The van der Waals surface area contributed by atoms with E-state index in [4.69, 9.17) is 11.5 Å². The Morgan fingerprint density at radius 1 is 0.583 bits per heavy atom. The van der Waals surface area contributed by atoms with E-state index in [1.54, 1.807) is 0 Å². The third kappa shape index (κ3) is 12.2. The van der Waals surface area contributed by atoms with E-state index >= 15 is 0 Å². The summed E-state index contributed by atoms with van der Waals surface area (Å²) in [7, 11) is 0. The smallest absolute Gasteiger partial charge is 0.0391 e. The van der Waals surface area contributed by atoms with Gasteiger partial charge >= 0.3 is 0 Å². The number of nitrogens with two attached hydrogens (primary N) is 2. The molecule has 0 heterocycles. The van der Waals surface area contributed by atoms with Crippen LogP contribution in [0.25, 0.3) is 12.2 Å². The fraction of sp³-hybridized carbons (Fsp3) is 0.588. The maximum Gasteiger partial charge on any atom is 0.0391 e. The van der Waals surface area contributed by atoms with Crippen LogP contribution in [0.15, 0.2) is 42.5 Å². The minimum absolute atomic E-state index is 0.684. The van der Waals surface area contributed by atoms with Crippen LogP contribution in [0.4, 0.5) is 11.4 Å². The summed E-state index contributed by atoms with van der Waals surface area (Å²) in [5.74, 6) is 0.684. The zero-order chi connectivity index (χ0) is 25.8. The molecule has 2 rings (SSSR count). The van der Waals surface area contributed by atoms with E-state index in [1.807, 2.05) is 12.1 Å².